The molecule has 20 heavy (non-hydrogen) atoms. The van der Waals surface area contributed by atoms with Gasteiger partial charge in [0, 0.05) is 0 Å². The van der Waals surface area contributed by atoms with Crippen LogP contribution in [0.1, 0.15) is 22.8 Å². The van der Waals surface area contributed by atoms with Crippen molar-refractivity contribution in [1.82, 2.24) is 0 Å². The lowest BCUT2D eigenvalue weighted by atomic mass is 10.1. The van der Waals surface area contributed by atoms with Gasteiger partial charge in [0.25, 0.3) is 11.7 Å². The molecule has 106 valence electrons. The van der Waals surface area contributed by atoms with E-state index in [0.29, 0.717) is 10.5 Å². The molecule has 1 aromatic rings. The molecular weight excluding hydrogens is 269 g/mol. The molecule has 7 heteroatoms. The molecule has 0 bridgehead atoms. The zero-order valence-corrected chi connectivity index (χ0v) is 10.8. The first-order valence-corrected chi connectivity index (χ1v) is 5.77. The van der Waals surface area contributed by atoms with Crippen LogP contribution in [0.4, 0.5) is 10.1 Å². The summed E-state index contributed by atoms with van der Waals surface area (Å²) in [6.45, 7) is 1.83. The van der Waals surface area contributed by atoms with Gasteiger partial charge in [-0.3, -0.25) is 14.5 Å². The van der Waals surface area contributed by atoms with E-state index in [1.54, 1.807) is 6.92 Å². The van der Waals surface area contributed by atoms with Crippen molar-refractivity contribution in [2.75, 3.05) is 11.4 Å². The highest BCUT2D eigenvalue weighted by Crippen LogP contribution is 2.33. The first-order chi connectivity index (χ1) is 9.15. The summed E-state index contributed by atoms with van der Waals surface area (Å²) in [6, 6.07) is 2.49. The first kappa shape index (κ1) is 14.1. The average Bonchev–Trinajstić information content (AvgIpc) is 2.54. The van der Waals surface area contributed by atoms with Crippen molar-refractivity contribution in [2.45, 2.75) is 19.4 Å². The number of fused-ring (bicyclic) bond motifs is 1. The van der Waals surface area contributed by atoms with Crippen LogP contribution < -0.4 is 4.90 Å². The van der Waals surface area contributed by atoms with Crippen LogP contribution in [0.2, 0.25) is 0 Å². The molecule has 1 heterocycles. The number of carbonyl (C=O) groups is 3. The molecule has 1 unspecified atom stereocenters. The second kappa shape index (κ2) is 4.38. The third kappa shape index (κ3) is 2.05. The van der Waals surface area contributed by atoms with Crippen molar-refractivity contribution in [3.05, 3.63) is 29.1 Å². The Morgan fingerprint density at radius 3 is 2.55 bits per heavy atom. The topological polar surface area (TPSA) is 94.9 Å². The third-order valence-electron chi connectivity index (χ3n) is 3.09. The number of aliphatic hydroxyl groups is 1. The van der Waals surface area contributed by atoms with Gasteiger partial charge in [0.2, 0.25) is 0 Å². The van der Waals surface area contributed by atoms with E-state index in [2.05, 4.69) is 0 Å². The Morgan fingerprint density at radius 1 is 1.40 bits per heavy atom. The van der Waals surface area contributed by atoms with E-state index in [9.17, 15) is 23.9 Å². The number of rotatable bonds is 3. The van der Waals surface area contributed by atoms with Gasteiger partial charge >= 0.3 is 5.97 Å². The molecule has 2 rings (SSSR count). The van der Waals surface area contributed by atoms with Crippen LogP contribution in [0.15, 0.2) is 12.1 Å². The minimum atomic E-state index is -2.28. The molecule has 1 atom stereocenters. The van der Waals surface area contributed by atoms with Gasteiger partial charge in [0.15, 0.2) is 5.60 Å². The Morgan fingerprint density at radius 2 is 2.00 bits per heavy atom. The minimum absolute atomic E-state index is 0.117. The molecule has 0 spiro atoms. The van der Waals surface area contributed by atoms with Crippen molar-refractivity contribution in [2.24, 2.45) is 0 Å². The Kier molecular flexibility index (Phi) is 3.09. The van der Waals surface area contributed by atoms with Crippen molar-refractivity contribution in [3.63, 3.8) is 0 Å². The second-order valence-corrected chi connectivity index (χ2v) is 4.94. The lowest BCUT2D eigenvalue weighted by Crippen LogP contribution is -2.48. The zero-order valence-electron chi connectivity index (χ0n) is 10.8. The zero-order chi connectivity index (χ0) is 15.2. The molecule has 0 aromatic heterocycles. The Labute approximate surface area is 113 Å². The molecule has 0 fully saturated rings. The fourth-order valence-corrected chi connectivity index (χ4v) is 2.05. The highest BCUT2D eigenvalue weighted by Gasteiger charge is 2.43. The Hall–Kier alpha value is -2.28. The van der Waals surface area contributed by atoms with E-state index in [1.807, 2.05) is 0 Å². The number of carbonyl (C=O) groups excluding carboxylic acids is 2. The van der Waals surface area contributed by atoms with Crippen LogP contribution in [-0.2, 0) is 9.59 Å². The number of ketones is 1. The summed E-state index contributed by atoms with van der Waals surface area (Å²) in [5.74, 6) is -4.34. The fourth-order valence-electron chi connectivity index (χ4n) is 2.05. The number of carboxylic acids is 1. The smallest absolute Gasteiger partial charge is 0.337 e. The lowest BCUT2D eigenvalue weighted by molar-refractivity contribution is -0.155. The summed E-state index contributed by atoms with van der Waals surface area (Å²) < 4.78 is 13.9. The quantitative estimate of drug-likeness (QED) is 0.787. The monoisotopic (exact) mass is 281 g/mol. The Bertz CT molecular complexity index is 638. The number of hydrogen-bond donors (Lipinski definition) is 2. The summed E-state index contributed by atoms with van der Waals surface area (Å²) in [7, 11) is 0. The normalized spacial score (nSPS) is 17.1. The van der Waals surface area contributed by atoms with Crippen LogP contribution in [0.3, 0.4) is 0 Å². The van der Waals surface area contributed by atoms with E-state index in [0.717, 1.165) is 13.0 Å². The summed E-state index contributed by atoms with van der Waals surface area (Å²) in [5.41, 5.74) is -2.22. The SMILES string of the molecule is Cc1cc(F)c2c(c1)C(=O)C(=O)N2CC(C)(O)C(=O)O. The van der Waals surface area contributed by atoms with Gasteiger partial charge in [-0.2, -0.15) is 0 Å². The van der Waals surface area contributed by atoms with E-state index >= 15 is 0 Å². The van der Waals surface area contributed by atoms with E-state index in [4.69, 9.17) is 5.11 Å². The predicted molar refractivity (Wildman–Crippen MR) is 66.1 cm³/mol. The maximum Gasteiger partial charge on any atom is 0.337 e. The summed E-state index contributed by atoms with van der Waals surface area (Å²) in [6.07, 6.45) is 0. The number of anilines is 1. The maximum absolute atomic E-state index is 13.9. The van der Waals surface area contributed by atoms with Gasteiger partial charge in [0.1, 0.15) is 5.82 Å². The number of halogens is 1. The van der Waals surface area contributed by atoms with Crippen LogP contribution in [0.25, 0.3) is 0 Å². The van der Waals surface area contributed by atoms with Crippen LogP contribution in [0.5, 0.6) is 0 Å². The van der Waals surface area contributed by atoms with Crippen molar-refractivity contribution >= 4 is 23.3 Å². The Balaban J connectivity index is 2.51. The maximum atomic E-state index is 13.9. The molecule has 0 radical (unpaired) electrons. The van der Waals surface area contributed by atoms with Crippen LogP contribution >= 0.6 is 0 Å². The van der Waals surface area contributed by atoms with Gasteiger partial charge in [-0.25, -0.2) is 9.18 Å². The predicted octanol–water partition coefficient (Wildman–Crippen LogP) is 0.499. The molecule has 1 aliphatic rings. The van der Waals surface area contributed by atoms with Crippen LogP contribution in [0, 0.1) is 12.7 Å². The number of β-amino-alcohol motifs (C(OH)–C–C–N with tert-alkyl or cyclic N) is 1. The standard InChI is InChI=1S/C13H12FNO5/c1-6-3-7-9(8(14)4-6)15(11(17)10(7)16)5-13(2,20)12(18)19/h3-4,20H,5H2,1-2H3,(H,18,19). The summed E-state index contributed by atoms with van der Waals surface area (Å²) in [5, 5.41) is 18.5. The van der Waals surface area contributed by atoms with Gasteiger partial charge in [-0.15, -0.1) is 0 Å². The summed E-state index contributed by atoms with van der Waals surface area (Å²) >= 11 is 0. The second-order valence-electron chi connectivity index (χ2n) is 4.94. The number of carboxylic acid groups (broad SMARTS) is 1. The first-order valence-electron chi connectivity index (χ1n) is 5.77. The number of Topliss-reactive ketones (excluding diaryl/α,β-unsaturated/α-hetero) is 1. The van der Waals surface area contributed by atoms with Gasteiger partial charge in [-0.05, 0) is 31.5 Å². The van der Waals surface area contributed by atoms with Gasteiger partial charge in [-0.1, -0.05) is 0 Å². The minimum Gasteiger partial charge on any atom is -0.479 e. The highest BCUT2D eigenvalue weighted by molar-refractivity contribution is 6.52. The van der Waals surface area contributed by atoms with E-state index in [-0.39, 0.29) is 11.3 Å². The molecule has 1 aliphatic heterocycles. The molecule has 1 aromatic carbocycles. The third-order valence-corrected chi connectivity index (χ3v) is 3.09. The number of aryl methyl sites for hydroxylation is 1. The molecule has 6 nitrogen and oxygen atoms in total. The molecular formula is C13H12FNO5. The van der Waals surface area contributed by atoms with Gasteiger partial charge < -0.3 is 10.2 Å². The van der Waals surface area contributed by atoms with Crippen LogP contribution in [-0.4, -0.2) is 40.0 Å². The van der Waals surface area contributed by atoms with Crippen molar-refractivity contribution in [3.8, 4) is 0 Å². The number of benzene rings is 1. The lowest BCUT2D eigenvalue weighted by Gasteiger charge is -2.25. The number of aliphatic carboxylic acids is 1. The number of nitrogens with zero attached hydrogens (tertiary/aromatic N) is 1. The number of hydrogen-bond acceptors (Lipinski definition) is 4. The molecule has 0 aliphatic carbocycles. The number of amides is 1. The van der Waals surface area contributed by atoms with E-state index in [1.165, 1.54) is 6.07 Å². The largest absolute Gasteiger partial charge is 0.479 e. The van der Waals surface area contributed by atoms with Gasteiger partial charge in [0.05, 0.1) is 17.8 Å². The molecule has 0 saturated heterocycles. The molecule has 2 N–H and O–H groups in total. The van der Waals surface area contributed by atoms with E-state index < -0.39 is 35.6 Å². The van der Waals surface area contributed by atoms with Crippen molar-refractivity contribution < 1.29 is 29.0 Å². The van der Waals surface area contributed by atoms with Crippen molar-refractivity contribution in [1.29, 1.82) is 0 Å². The molecule has 1 amide bonds. The average molecular weight is 281 g/mol. The molecule has 0 saturated carbocycles. The highest BCUT2D eigenvalue weighted by atomic mass is 19.1. The summed E-state index contributed by atoms with van der Waals surface area (Å²) in [4.78, 5) is 35.2. The fraction of sp³-hybridized carbons (Fsp3) is 0.308.